The molecule has 2 saturated carbocycles. The van der Waals surface area contributed by atoms with Crippen molar-refractivity contribution >= 4 is 18.0 Å². The molecule has 0 bridgehead atoms. The highest BCUT2D eigenvalue weighted by atomic mass is 19.3. The molecule has 4 atom stereocenters. The van der Waals surface area contributed by atoms with Crippen LogP contribution in [0.3, 0.4) is 0 Å². The van der Waals surface area contributed by atoms with E-state index in [0.29, 0.717) is 19.3 Å². The molecule has 2 amide bonds. The summed E-state index contributed by atoms with van der Waals surface area (Å²) in [5, 5.41) is 14.1. The van der Waals surface area contributed by atoms with E-state index in [1.54, 1.807) is 0 Å². The number of alkyl carbamates (subject to hydrolysis) is 1. The molecule has 2 aromatic carbocycles. The molecule has 2 fully saturated rings. The highest BCUT2D eigenvalue weighted by molar-refractivity contribution is 5.82. The van der Waals surface area contributed by atoms with Crippen LogP contribution in [0, 0.1) is 17.8 Å². The van der Waals surface area contributed by atoms with Crippen LogP contribution in [0.1, 0.15) is 36.3 Å². The third kappa shape index (κ3) is 4.24. The van der Waals surface area contributed by atoms with Gasteiger partial charge in [-0.05, 0) is 35.1 Å². The number of amides is 2. The lowest BCUT2D eigenvalue weighted by atomic mass is 9.98. The number of alkyl halides is 2. The van der Waals surface area contributed by atoms with Gasteiger partial charge < -0.3 is 20.5 Å². The summed E-state index contributed by atoms with van der Waals surface area (Å²) in [4.78, 5) is 36.1. The van der Waals surface area contributed by atoms with Gasteiger partial charge in [-0.25, -0.2) is 13.6 Å². The van der Waals surface area contributed by atoms with E-state index < -0.39 is 54.2 Å². The largest absolute Gasteiger partial charge is 0.481 e. The molecule has 3 N–H and O–H groups in total. The normalized spacial score (nSPS) is 25.9. The molecule has 0 aromatic heterocycles. The summed E-state index contributed by atoms with van der Waals surface area (Å²) < 4.78 is 32.7. The Morgan fingerprint density at radius 1 is 1.00 bits per heavy atom. The summed E-state index contributed by atoms with van der Waals surface area (Å²) in [6.07, 6.45) is 1.14. The van der Waals surface area contributed by atoms with Crippen LogP contribution >= 0.6 is 0 Å². The Bertz CT molecular complexity index is 1120. The molecular weight excluding hydrogens is 458 g/mol. The van der Waals surface area contributed by atoms with Gasteiger partial charge in [-0.1, -0.05) is 55.0 Å². The standard InChI is InChI=1S/C26H26F2N2O5/c27-26(28)20(22(26)24(32)33)12-29-23(31)18-10-5-11-21(18)30-25(34)35-13-19-16-8-3-1-6-14(16)15-7-2-4-9-17(15)19/h1-4,6-9,18-22H,5,10-13H2,(H,29,31)(H,30,34)(H,32,33)/t18-,20?,21+,22?/m0/s1. The van der Waals surface area contributed by atoms with Crippen molar-refractivity contribution in [3.63, 3.8) is 0 Å². The summed E-state index contributed by atoms with van der Waals surface area (Å²) in [6.45, 7) is -0.256. The Balaban J connectivity index is 1.15. The highest BCUT2D eigenvalue weighted by Crippen LogP contribution is 2.55. The fourth-order valence-electron chi connectivity index (χ4n) is 5.56. The van der Waals surface area contributed by atoms with Crippen molar-refractivity contribution in [2.45, 2.75) is 37.1 Å². The van der Waals surface area contributed by atoms with Crippen LogP contribution in [0.4, 0.5) is 13.6 Å². The van der Waals surface area contributed by atoms with E-state index >= 15 is 0 Å². The first-order chi connectivity index (χ1) is 16.8. The number of fused-ring (bicyclic) bond motifs is 3. The molecule has 0 spiro atoms. The number of aliphatic carboxylic acids is 1. The van der Waals surface area contributed by atoms with Crippen LogP contribution in [0.15, 0.2) is 48.5 Å². The van der Waals surface area contributed by atoms with E-state index in [2.05, 4.69) is 10.6 Å². The van der Waals surface area contributed by atoms with Crippen LogP contribution in [-0.2, 0) is 14.3 Å². The van der Waals surface area contributed by atoms with Gasteiger partial charge >= 0.3 is 12.1 Å². The van der Waals surface area contributed by atoms with Crippen molar-refractivity contribution in [1.82, 2.24) is 10.6 Å². The number of carbonyl (C=O) groups excluding carboxylic acids is 2. The Morgan fingerprint density at radius 3 is 2.23 bits per heavy atom. The summed E-state index contributed by atoms with van der Waals surface area (Å²) in [5.74, 6) is -9.17. The average molecular weight is 484 g/mol. The number of ether oxygens (including phenoxy) is 1. The highest BCUT2D eigenvalue weighted by Gasteiger charge is 2.72. The second-order valence-corrected chi connectivity index (χ2v) is 9.46. The minimum absolute atomic E-state index is 0.0850. The Labute approximate surface area is 200 Å². The number of carboxylic acid groups (broad SMARTS) is 1. The van der Waals surface area contributed by atoms with Gasteiger partial charge in [-0.3, -0.25) is 9.59 Å². The number of benzene rings is 2. The zero-order chi connectivity index (χ0) is 24.7. The second kappa shape index (κ2) is 8.94. The predicted octanol–water partition coefficient (Wildman–Crippen LogP) is 3.78. The lowest BCUT2D eigenvalue weighted by molar-refractivity contribution is -0.141. The van der Waals surface area contributed by atoms with Crippen molar-refractivity contribution in [2.24, 2.45) is 17.8 Å². The lowest BCUT2D eigenvalue weighted by Gasteiger charge is -2.21. The molecule has 0 radical (unpaired) electrons. The average Bonchev–Trinajstić information content (AvgIpc) is 3.13. The molecule has 35 heavy (non-hydrogen) atoms. The van der Waals surface area contributed by atoms with E-state index in [1.807, 2.05) is 48.5 Å². The first-order valence-electron chi connectivity index (χ1n) is 11.8. The Morgan fingerprint density at radius 2 is 1.63 bits per heavy atom. The summed E-state index contributed by atoms with van der Waals surface area (Å²) in [6, 6.07) is 15.5. The number of carboxylic acids is 1. The molecule has 3 aliphatic rings. The minimum Gasteiger partial charge on any atom is -0.481 e. The third-order valence-electron chi connectivity index (χ3n) is 7.46. The molecule has 7 nitrogen and oxygen atoms in total. The minimum atomic E-state index is -3.31. The smallest absolute Gasteiger partial charge is 0.407 e. The van der Waals surface area contributed by atoms with E-state index in [9.17, 15) is 23.2 Å². The summed E-state index contributed by atoms with van der Waals surface area (Å²) >= 11 is 0. The van der Waals surface area contributed by atoms with E-state index in [1.165, 1.54) is 0 Å². The molecule has 5 rings (SSSR count). The number of halogens is 2. The quantitative estimate of drug-likeness (QED) is 0.555. The van der Waals surface area contributed by atoms with Crippen LogP contribution in [0.5, 0.6) is 0 Å². The van der Waals surface area contributed by atoms with Crippen LogP contribution in [0.25, 0.3) is 11.1 Å². The number of nitrogens with one attached hydrogen (secondary N) is 2. The third-order valence-corrected chi connectivity index (χ3v) is 7.46. The van der Waals surface area contributed by atoms with Crippen molar-refractivity contribution in [1.29, 1.82) is 0 Å². The maximum atomic E-state index is 13.6. The Kier molecular flexibility index (Phi) is 5.94. The van der Waals surface area contributed by atoms with Crippen LogP contribution in [-0.4, -0.2) is 48.2 Å². The van der Waals surface area contributed by atoms with Gasteiger partial charge in [0.2, 0.25) is 5.91 Å². The first-order valence-corrected chi connectivity index (χ1v) is 11.8. The van der Waals surface area contributed by atoms with Gasteiger partial charge in [0.15, 0.2) is 0 Å². The summed E-state index contributed by atoms with van der Waals surface area (Å²) in [5.41, 5.74) is 4.43. The predicted molar refractivity (Wildman–Crippen MR) is 122 cm³/mol. The number of rotatable bonds is 7. The molecule has 0 saturated heterocycles. The molecular formula is C26H26F2N2O5. The van der Waals surface area contributed by atoms with Crippen LogP contribution < -0.4 is 10.6 Å². The molecule has 9 heteroatoms. The van der Waals surface area contributed by atoms with Gasteiger partial charge in [-0.15, -0.1) is 0 Å². The lowest BCUT2D eigenvalue weighted by Crippen LogP contribution is -2.45. The van der Waals surface area contributed by atoms with Gasteiger partial charge in [0.25, 0.3) is 5.92 Å². The molecule has 0 aliphatic heterocycles. The second-order valence-electron chi connectivity index (χ2n) is 9.46. The van der Waals surface area contributed by atoms with Gasteiger partial charge in [0, 0.05) is 18.5 Å². The van der Waals surface area contributed by atoms with Crippen LogP contribution in [0.2, 0.25) is 0 Å². The molecule has 2 aromatic rings. The number of carbonyl (C=O) groups is 3. The van der Waals surface area contributed by atoms with Crippen molar-refractivity contribution in [2.75, 3.05) is 13.2 Å². The molecule has 2 unspecified atom stereocenters. The Hall–Kier alpha value is -3.49. The van der Waals surface area contributed by atoms with E-state index in [0.717, 1.165) is 22.3 Å². The SMILES string of the molecule is O=C(N[C@@H]1CCC[C@@H]1C(=O)NCC1C(C(=O)O)C1(F)F)OCC1c2ccccc2-c2ccccc21. The van der Waals surface area contributed by atoms with Crippen molar-refractivity contribution in [3.05, 3.63) is 59.7 Å². The molecule has 3 aliphatic carbocycles. The fraction of sp³-hybridized carbons (Fsp3) is 0.423. The van der Waals surface area contributed by atoms with E-state index in [-0.39, 0.29) is 12.5 Å². The summed E-state index contributed by atoms with van der Waals surface area (Å²) in [7, 11) is 0. The number of hydrogen-bond donors (Lipinski definition) is 3. The number of hydrogen-bond acceptors (Lipinski definition) is 4. The van der Waals surface area contributed by atoms with Crippen molar-refractivity contribution < 1.29 is 33.0 Å². The van der Waals surface area contributed by atoms with Gasteiger partial charge in [-0.2, -0.15) is 0 Å². The molecule has 184 valence electrons. The maximum absolute atomic E-state index is 13.6. The van der Waals surface area contributed by atoms with Crippen molar-refractivity contribution in [3.8, 4) is 11.1 Å². The topological polar surface area (TPSA) is 105 Å². The first kappa shape index (κ1) is 23.3. The fourth-order valence-corrected chi connectivity index (χ4v) is 5.56. The van der Waals surface area contributed by atoms with Gasteiger partial charge in [0.05, 0.1) is 11.8 Å². The zero-order valence-corrected chi connectivity index (χ0v) is 18.9. The monoisotopic (exact) mass is 484 g/mol. The molecule has 0 heterocycles. The van der Waals surface area contributed by atoms with Gasteiger partial charge in [0.1, 0.15) is 12.5 Å². The van der Waals surface area contributed by atoms with E-state index in [4.69, 9.17) is 9.84 Å². The maximum Gasteiger partial charge on any atom is 0.407 e. The zero-order valence-electron chi connectivity index (χ0n) is 18.9.